The van der Waals surface area contributed by atoms with Crippen molar-refractivity contribution < 1.29 is 32.2 Å². The van der Waals surface area contributed by atoms with E-state index in [4.69, 9.17) is 14.2 Å². The molecule has 0 heterocycles. The molecule has 1 atom stereocenters. The highest BCUT2D eigenvalue weighted by Crippen LogP contribution is 2.33. The fourth-order valence-corrected chi connectivity index (χ4v) is 7.03. The van der Waals surface area contributed by atoms with Gasteiger partial charge in [-0.25, -0.2) is 8.42 Å². The van der Waals surface area contributed by atoms with Gasteiger partial charge in [0.15, 0.2) is 11.5 Å². The molecule has 0 aliphatic heterocycles. The van der Waals surface area contributed by atoms with Gasteiger partial charge >= 0.3 is 0 Å². The topological polar surface area (TPSA) is 114 Å². The molecule has 2 amide bonds. The van der Waals surface area contributed by atoms with E-state index in [9.17, 15) is 18.0 Å². The number of nitrogens with zero attached hydrogens (tertiary/aromatic N) is 2. The molecule has 4 rings (SSSR count). The van der Waals surface area contributed by atoms with Crippen LogP contribution in [0.2, 0.25) is 0 Å². The first-order valence-electron chi connectivity index (χ1n) is 16.1. The van der Waals surface area contributed by atoms with Gasteiger partial charge in [0.1, 0.15) is 18.3 Å². The van der Waals surface area contributed by atoms with Gasteiger partial charge in [-0.2, -0.15) is 0 Å². The summed E-state index contributed by atoms with van der Waals surface area (Å²) in [6, 6.07) is 25.4. The second-order valence-electron chi connectivity index (χ2n) is 11.7. The fourth-order valence-electron chi connectivity index (χ4n) is 5.62. The van der Waals surface area contributed by atoms with E-state index < -0.39 is 28.5 Å². The molecular formula is C38H45N3O7S. The first-order valence-corrected chi connectivity index (χ1v) is 17.5. The third-order valence-corrected chi connectivity index (χ3v) is 9.79. The summed E-state index contributed by atoms with van der Waals surface area (Å²) in [6.07, 6.45) is 0.926. The Morgan fingerprint density at radius 2 is 1.45 bits per heavy atom. The van der Waals surface area contributed by atoms with Crippen molar-refractivity contribution in [3.8, 4) is 17.2 Å². The summed E-state index contributed by atoms with van der Waals surface area (Å²) in [7, 11) is 0.0954. The number of anilines is 1. The van der Waals surface area contributed by atoms with Crippen LogP contribution in [0.4, 0.5) is 5.69 Å². The first kappa shape index (κ1) is 36.8. The number of sulfonamides is 1. The molecule has 49 heavy (non-hydrogen) atoms. The van der Waals surface area contributed by atoms with Gasteiger partial charge in [-0.1, -0.05) is 55.5 Å². The molecule has 0 aromatic heterocycles. The van der Waals surface area contributed by atoms with E-state index in [-0.39, 0.29) is 29.5 Å². The molecule has 0 aliphatic carbocycles. The van der Waals surface area contributed by atoms with Crippen molar-refractivity contribution in [1.29, 1.82) is 0 Å². The van der Waals surface area contributed by atoms with Crippen LogP contribution >= 0.6 is 0 Å². The molecule has 0 fully saturated rings. The zero-order valence-corrected chi connectivity index (χ0v) is 29.8. The normalized spacial score (nSPS) is 11.7. The van der Waals surface area contributed by atoms with Crippen LogP contribution in [0.5, 0.6) is 17.2 Å². The highest BCUT2D eigenvalue weighted by Gasteiger charge is 2.35. The minimum atomic E-state index is -4.35. The molecule has 0 bridgehead atoms. The van der Waals surface area contributed by atoms with Crippen LogP contribution in [0.3, 0.4) is 0 Å². The van der Waals surface area contributed by atoms with Gasteiger partial charge in [-0.3, -0.25) is 13.9 Å². The average Bonchev–Trinajstić information content (AvgIpc) is 3.10. The number of rotatable bonds is 16. The molecule has 0 unspecified atom stereocenters. The van der Waals surface area contributed by atoms with Crippen molar-refractivity contribution in [2.24, 2.45) is 0 Å². The van der Waals surface area contributed by atoms with Gasteiger partial charge < -0.3 is 24.4 Å². The Kier molecular flexibility index (Phi) is 12.7. The van der Waals surface area contributed by atoms with Crippen molar-refractivity contribution >= 4 is 27.5 Å². The van der Waals surface area contributed by atoms with Crippen LogP contribution in [0.25, 0.3) is 0 Å². The molecule has 1 N–H and O–H groups in total. The van der Waals surface area contributed by atoms with Crippen molar-refractivity contribution in [2.75, 3.05) is 38.7 Å². The Morgan fingerprint density at radius 3 is 2.08 bits per heavy atom. The van der Waals surface area contributed by atoms with Crippen LogP contribution in [-0.2, 0) is 32.6 Å². The number of nitrogens with one attached hydrogen (secondary N) is 1. The quantitative estimate of drug-likeness (QED) is 0.161. The maximum absolute atomic E-state index is 14.7. The van der Waals surface area contributed by atoms with Crippen LogP contribution in [0, 0.1) is 13.8 Å². The monoisotopic (exact) mass is 687 g/mol. The molecule has 10 nitrogen and oxygen atoms in total. The average molecular weight is 688 g/mol. The van der Waals surface area contributed by atoms with Gasteiger partial charge in [-0.05, 0) is 78.9 Å². The highest BCUT2D eigenvalue weighted by molar-refractivity contribution is 7.92. The zero-order chi connectivity index (χ0) is 35.6. The molecule has 0 spiro atoms. The maximum atomic E-state index is 14.7. The Morgan fingerprint density at radius 1 is 0.776 bits per heavy atom. The highest BCUT2D eigenvalue weighted by atomic mass is 32.2. The van der Waals surface area contributed by atoms with Crippen molar-refractivity contribution in [2.45, 2.75) is 51.1 Å². The number of amides is 2. The smallest absolute Gasteiger partial charge is 0.264 e. The van der Waals surface area contributed by atoms with Crippen LogP contribution < -0.4 is 23.8 Å². The second-order valence-corrected chi connectivity index (χ2v) is 13.6. The van der Waals surface area contributed by atoms with Crippen molar-refractivity contribution in [1.82, 2.24) is 10.2 Å². The number of hydrogen-bond acceptors (Lipinski definition) is 7. The number of carbonyl (C=O) groups is 2. The summed E-state index contributed by atoms with van der Waals surface area (Å²) in [5.74, 6) is 0.293. The number of aryl methyl sites for hydroxylation is 2. The Hall–Kier alpha value is -5.03. The zero-order valence-electron chi connectivity index (χ0n) is 28.9. The van der Waals surface area contributed by atoms with Gasteiger partial charge in [0.2, 0.25) is 11.8 Å². The standard InChI is InChI=1S/C38H45N3O7S/c1-7-18-39-38(43)34(23-29-12-9-8-10-13-29)40(25-30-14-11-15-32(22-30)46-4)37(42)26-41(31-20-27(2)19-28(3)21-31)49(44,45)33-16-17-35(47-5)36(24-33)48-6/h8-17,19-22,24,34H,7,18,23,25-26H2,1-6H3,(H,39,43)/t34-/m0/s1. The number of ether oxygens (including phenoxy) is 3. The van der Waals surface area contributed by atoms with Gasteiger partial charge in [-0.15, -0.1) is 0 Å². The summed E-state index contributed by atoms with van der Waals surface area (Å²) in [5.41, 5.74) is 3.53. The van der Waals surface area contributed by atoms with Crippen molar-refractivity contribution in [3.05, 3.63) is 113 Å². The van der Waals surface area contributed by atoms with Gasteiger partial charge in [0.25, 0.3) is 10.0 Å². The molecule has 11 heteroatoms. The van der Waals surface area contributed by atoms with Gasteiger partial charge in [0.05, 0.1) is 31.9 Å². The lowest BCUT2D eigenvalue weighted by Gasteiger charge is -2.34. The minimum Gasteiger partial charge on any atom is -0.497 e. The lowest BCUT2D eigenvalue weighted by atomic mass is 10.0. The van der Waals surface area contributed by atoms with E-state index in [1.54, 1.807) is 31.4 Å². The molecule has 4 aromatic rings. The van der Waals surface area contributed by atoms with Crippen molar-refractivity contribution in [3.63, 3.8) is 0 Å². The van der Waals surface area contributed by atoms with E-state index in [0.29, 0.717) is 30.2 Å². The van der Waals surface area contributed by atoms with E-state index in [2.05, 4.69) is 5.32 Å². The Balaban J connectivity index is 1.86. The largest absolute Gasteiger partial charge is 0.497 e. The minimum absolute atomic E-state index is 0.0319. The lowest BCUT2D eigenvalue weighted by molar-refractivity contribution is -0.140. The van der Waals surface area contributed by atoms with E-state index >= 15 is 0 Å². The summed E-state index contributed by atoms with van der Waals surface area (Å²) >= 11 is 0. The summed E-state index contributed by atoms with van der Waals surface area (Å²) in [6.45, 7) is 5.56. The molecule has 0 aliphatic rings. The number of hydrogen-bond donors (Lipinski definition) is 1. The van der Waals surface area contributed by atoms with Crippen LogP contribution in [0.1, 0.15) is 35.6 Å². The predicted molar refractivity (Wildman–Crippen MR) is 191 cm³/mol. The summed E-state index contributed by atoms with van der Waals surface area (Å²) < 4.78 is 46.3. The summed E-state index contributed by atoms with van der Waals surface area (Å²) in [5, 5.41) is 2.96. The third kappa shape index (κ3) is 9.32. The van der Waals surface area contributed by atoms with Crippen LogP contribution in [-0.4, -0.2) is 65.6 Å². The molecule has 0 saturated carbocycles. The van der Waals surface area contributed by atoms with Gasteiger partial charge in [0, 0.05) is 25.6 Å². The molecule has 0 saturated heterocycles. The van der Waals surface area contributed by atoms with Crippen LogP contribution in [0.15, 0.2) is 95.9 Å². The van der Waals surface area contributed by atoms with E-state index in [1.165, 1.54) is 37.3 Å². The first-order chi connectivity index (χ1) is 23.5. The Bertz CT molecular complexity index is 1830. The lowest BCUT2D eigenvalue weighted by Crippen LogP contribution is -2.53. The third-order valence-electron chi connectivity index (χ3n) is 8.02. The molecular weight excluding hydrogens is 642 g/mol. The molecule has 260 valence electrons. The fraction of sp³-hybridized carbons (Fsp3) is 0.316. The van der Waals surface area contributed by atoms with E-state index in [1.807, 2.05) is 69.3 Å². The second kappa shape index (κ2) is 16.9. The SMILES string of the molecule is CCCNC(=O)[C@H](Cc1ccccc1)N(Cc1cccc(OC)c1)C(=O)CN(c1cc(C)cc(C)c1)S(=O)(=O)c1ccc(OC)c(OC)c1. The van der Waals surface area contributed by atoms with E-state index in [0.717, 1.165) is 26.6 Å². The number of carbonyl (C=O) groups excluding carboxylic acids is 2. The number of methoxy groups -OCH3 is 3. The number of benzene rings is 4. The maximum Gasteiger partial charge on any atom is 0.264 e. The Labute approximate surface area is 289 Å². The molecule has 0 radical (unpaired) electrons. The molecule has 4 aromatic carbocycles. The summed E-state index contributed by atoms with van der Waals surface area (Å²) in [4.78, 5) is 30.0. The predicted octanol–water partition coefficient (Wildman–Crippen LogP) is 5.69.